The largest absolute Gasteiger partial charge is 0.379 e. The predicted molar refractivity (Wildman–Crippen MR) is 51.6 cm³/mol. The number of imide groups is 1. The van der Waals surface area contributed by atoms with Crippen molar-refractivity contribution in [3.63, 3.8) is 0 Å². The molecule has 0 aromatic carbocycles. The summed E-state index contributed by atoms with van der Waals surface area (Å²) in [6.45, 7) is 2.43. The summed E-state index contributed by atoms with van der Waals surface area (Å²) in [4.78, 5) is 23.0. The van der Waals surface area contributed by atoms with Crippen LogP contribution in [0.4, 0.5) is 0 Å². The van der Waals surface area contributed by atoms with Gasteiger partial charge in [-0.1, -0.05) is 0 Å². The lowest BCUT2D eigenvalue weighted by Gasteiger charge is -2.37. The van der Waals surface area contributed by atoms with Gasteiger partial charge in [0.2, 0.25) is 0 Å². The highest BCUT2D eigenvalue weighted by atomic mass is 32.2. The first-order valence-electron chi connectivity index (χ1n) is 4.55. The number of hydrogen-bond donors (Lipinski definition) is 0. The van der Waals surface area contributed by atoms with Crippen molar-refractivity contribution in [1.29, 1.82) is 0 Å². The first-order valence-corrected chi connectivity index (χ1v) is 5.70. The van der Waals surface area contributed by atoms with Crippen LogP contribution >= 0.6 is 11.8 Å². The number of nitrogens with zero attached hydrogens (tertiary/aromatic N) is 2. The minimum atomic E-state index is -0.104. The summed E-state index contributed by atoms with van der Waals surface area (Å²) in [5.41, 5.74) is 0. The van der Waals surface area contributed by atoms with Gasteiger partial charge in [0, 0.05) is 13.1 Å². The molecule has 14 heavy (non-hydrogen) atoms. The number of thioether (sulfide) groups is 1. The van der Waals surface area contributed by atoms with Crippen LogP contribution in [0.1, 0.15) is 0 Å². The van der Waals surface area contributed by atoms with Gasteiger partial charge in [0.15, 0.2) is 0 Å². The minimum Gasteiger partial charge on any atom is -0.379 e. The van der Waals surface area contributed by atoms with Crippen LogP contribution in [0.15, 0.2) is 0 Å². The van der Waals surface area contributed by atoms with Crippen molar-refractivity contribution < 1.29 is 14.3 Å². The standard InChI is InChI=1S/C8H12N2O3S/c11-7-5-14-6-8(12)10(7)9-1-3-13-4-2-9/h1-6H2. The van der Waals surface area contributed by atoms with Gasteiger partial charge in [-0.25, -0.2) is 10.0 Å². The Morgan fingerprint density at radius 2 is 1.64 bits per heavy atom. The van der Waals surface area contributed by atoms with Crippen LogP contribution in [0.2, 0.25) is 0 Å². The van der Waals surface area contributed by atoms with E-state index in [9.17, 15) is 9.59 Å². The van der Waals surface area contributed by atoms with Gasteiger partial charge in [0.25, 0.3) is 11.8 Å². The van der Waals surface area contributed by atoms with Gasteiger partial charge in [-0.15, -0.1) is 11.8 Å². The molecule has 2 rings (SSSR count). The highest BCUT2D eigenvalue weighted by Crippen LogP contribution is 2.15. The Hall–Kier alpha value is -0.590. The van der Waals surface area contributed by atoms with E-state index in [1.807, 2.05) is 0 Å². The molecule has 0 aromatic heterocycles. The zero-order valence-corrected chi connectivity index (χ0v) is 8.59. The maximum absolute atomic E-state index is 11.5. The van der Waals surface area contributed by atoms with Crippen LogP contribution in [-0.4, -0.2) is 59.6 Å². The van der Waals surface area contributed by atoms with E-state index < -0.39 is 0 Å². The number of carbonyl (C=O) groups is 2. The van der Waals surface area contributed by atoms with Gasteiger partial charge in [0.05, 0.1) is 24.7 Å². The van der Waals surface area contributed by atoms with Crippen LogP contribution in [-0.2, 0) is 14.3 Å². The Labute approximate surface area is 86.3 Å². The van der Waals surface area contributed by atoms with Gasteiger partial charge in [0.1, 0.15) is 0 Å². The van der Waals surface area contributed by atoms with Crippen molar-refractivity contribution >= 4 is 23.6 Å². The van der Waals surface area contributed by atoms with Gasteiger partial charge < -0.3 is 4.74 Å². The maximum atomic E-state index is 11.5. The number of hydrazine groups is 1. The zero-order valence-electron chi connectivity index (χ0n) is 7.77. The first-order chi connectivity index (χ1) is 6.79. The monoisotopic (exact) mass is 216 g/mol. The summed E-state index contributed by atoms with van der Waals surface area (Å²) in [5.74, 6) is 0.605. The first kappa shape index (κ1) is 9.95. The van der Waals surface area contributed by atoms with E-state index in [0.717, 1.165) is 0 Å². The molecular formula is C8H12N2O3S. The third-order valence-corrected chi connectivity index (χ3v) is 3.10. The normalized spacial score (nSPS) is 25.6. The van der Waals surface area contributed by atoms with Crippen LogP contribution < -0.4 is 0 Å². The molecule has 78 valence electrons. The molecule has 0 aromatic rings. The summed E-state index contributed by atoms with van der Waals surface area (Å²) >= 11 is 1.38. The van der Waals surface area contributed by atoms with Crippen LogP contribution in [0.3, 0.4) is 0 Å². The van der Waals surface area contributed by atoms with E-state index in [0.29, 0.717) is 37.8 Å². The average Bonchev–Trinajstić information content (AvgIpc) is 2.19. The molecule has 0 atom stereocenters. The van der Waals surface area contributed by atoms with Gasteiger partial charge in [-0.3, -0.25) is 9.59 Å². The highest BCUT2D eigenvalue weighted by molar-refractivity contribution is 8.00. The summed E-state index contributed by atoms with van der Waals surface area (Å²) < 4.78 is 5.16. The molecule has 0 aliphatic carbocycles. The molecule has 0 N–H and O–H groups in total. The minimum absolute atomic E-state index is 0.104. The molecule has 2 aliphatic heterocycles. The van der Waals surface area contributed by atoms with E-state index in [-0.39, 0.29) is 11.8 Å². The fourth-order valence-corrected chi connectivity index (χ4v) is 2.25. The zero-order chi connectivity index (χ0) is 9.97. The molecule has 2 amide bonds. The molecule has 0 spiro atoms. The summed E-state index contributed by atoms with van der Waals surface area (Å²) in [7, 11) is 0. The van der Waals surface area contributed by atoms with Crippen molar-refractivity contribution in [2.45, 2.75) is 0 Å². The number of ether oxygens (including phenoxy) is 1. The Morgan fingerprint density at radius 1 is 1.07 bits per heavy atom. The maximum Gasteiger partial charge on any atom is 0.253 e. The molecule has 2 aliphatic rings. The molecule has 0 unspecified atom stereocenters. The molecule has 2 saturated heterocycles. The molecule has 5 nitrogen and oxygen atoms in total. The van der Waals surface area contributed by atoms with Gasteiger partial charge in [-0.2, -0.15) is 0 Å². The van der Waals surface area contributed by atoms with E-state index in [1.165, 1.54) is 16.8 Å². The predicted octanol–water partition coefficient (Wildman–Crippen LogP) is -0.664. The van der Waals surface area contributed by atoms with Crippen molar-refractivity contribution in [3.05, 3.63) is 0 Å². The Bertz CT molecular complexity index is 237. The van der Waals surface area contributed by atoms with Crippen molar-refractivity contribution in [2.24, 2.45) is 0 Å². The number of rotatable bonds is 1. The molecule has 0 bridgehead atoms. The topological polar surface area (TPSA) is 49.9 Å². The fraction of sp³-hybridized carbons (Fsp3) is 0.750. The number of amides is 2. The molecule has 2 fully saturated rings. The molecular weight excluding hydrogens is 204 g/mol. The number of morpholine rings is 1. The molecule has 0 radical (unpaired) electrons. The van der Waals surface area contributed by atoms with E-state index >= 15 is 0 Å². The van der Waals surface area contributed by atoms with Crippen molar-refractivity contribution in [3.8, 4) is 0 Å². The summed E-state index contributed by atoms with van der Waals surface area (Å²) in [5, 5.41) is 3.08. The van der Waals surface area contributed by atoms with Crippen LogP contribution in [0.25, 0.3) is 0 Å². The van der Waals surface area contributed by atoms with Crippen LogP contribution in [0, 0.1) is 0 Å². The van der Waals surface area contributed by atoms with Gasteiger partial charge in [-0.05, 0) is 0 Å². The Morgan fingerprint density at radius 3 is 2.21 bits per heavy atom. The van der Waals surface area contributed by atoms with E-state index in [1.54, 1.807) is 5.01 Å². The summed E-state index contributed by atoms with van der Waals surface area (Å²) in [6, 6.07) is 0. The lowest BCUT2D eigenvalue weighted by molar-refractivity contribution is -0.167. The van der Waals surface area contributed by atoms with Crippen LogP contribution in [0.5, 0.6) is 0 Å². The Kier molecular flexibility index (Phi) is 3.05. The average molecular weight is 216 g/mol. The highest BCUT2D eigenvalue weighted by Gasteiger charge is 2.32. The molecule has 6 heteroatoms. The van der Waals surface area contributed by atoms with Gasteiger partial charge >= 0.3 is 0 Å². The smallest absolute Gasteiger partial charge is 0.253 e. The third kappa shape index (κ3) is 1.92. The van der Waals surface area contributed by atoms with E-state index in [2.05, 4.69) is 0 Å². The fourth-order valence-electron chi connectivity index (χ4n) is 1.56. The second-order valence-electron chi connectivity index (χ2n) is 3.16. The quantitative estimate of drug-likeness (QED) is 0.544. The number of carbonyl (C=O) groups excluding carboxylic acids is 2. The lowest BCUT2D eigenvalue weighted by atomic mass is 10.4. The van der Waals surface area contributed by atoms with E-state index in [4.69, 9.17) is 4.74 Å². The third-order valence-electron chi connectivity index (χ3n) is 2.19. The molecule has 0 saturated carbocycles. The van der Waals surface area contributed by atoms with Crippen molar-refractivity contribution in [1.82, 2.24) is 10.0 Å². The lowest BCUT2D eigenvalue weighted by Crippen LogP contribution is -2.57. The van der Waals surface area contributed by atoms with Crippen molar-refractivity contribution in [2.75, 3.05) is 37.8 Å². The second kappa shape index (κ2) is 4.29. The SMILES string of the molecule is O=C1CSCC(=O)N1N1CCOCC1. The molecule has 2 heterocycles. The Balaban J connectivity index is 2.05. The second-order valence-corrected chi connectivity index (χ2v) is 4.14. The number of hydrogen-bond acceptors (Lipinski definition) is 5. The summed E-state index contributed by atoms with van der Waals surface area (Å²) in [6.07, 6.45) is 0.